The lowest BCUT2D eigenvalue weighted by atomic mass is 10.3. The van der Waals surface area contributed by atoms with Gasteiger partial charge >= 0.3 is 5.76 Å². The summed E-state index contributed by atoms with van der Waals surface area (Å²) < 4.78 is 29.4. The molecule has 0 atom stereocenters. The molecule has 2 aromatic rings. The first-order chi connectivity index (χ1) is 7.95. The van der Waals surface area contributed by atoms with Crippen molar-refractivity contribution in [3.63, 3.8) is 0 Å². The van der Waals surface area contributed by atoms with E-state index in [1.807, 2.05) is 4.89 Å². The van der Waals surface area contributed by atoms with Gasteiger partial charge in [-0.15, -0.1) is 0 Å². The molecule has 2 rings (SSSR count). The predicted molar refractivity (Wildman–Crippen MR) is 58.8 cm³/mol. The smallest absolute Gasteiger partial charge is 0.408 e. The third-order valence-electron chi connectivity index (χ3n) is 2.27. The number of hydrogen-bond acceptors (Lipinski definition) is 5. The van der Waals surface area contributed by atoms with E-state index in [0.29, 0.717) is 5.52 Å². The Labute approximate surface area is 96.6 Å². The number of nitrogens with one attached hydrogen (secondary N) is 1. The summed E-state index contributed by atoms with van der Waals surface area (Å²) in [5.74, 6) is -0.547. The molecule has 0 aliphatic carbocycles. The lowest BCUT2D eigenvalue weighted by Crippen LogP contribution is -2.22. The Balaban J connectivity index is 2.64. The van der Waals surface area contributed by atoms with E-state index in [-0.39, 0.29) is 10.5 Å². The van der Waals surface area contributed by atoms with E-state index < -0.39 is 15.8 Å². The summed E-state index contributed by atoms with van der Waals surface area (Å²) in [6, 6.07) is 4.11. The van der Waals surface area contributed by atoms with Gasteiger partial charge in [-0.25, -0.2) is 13.2 Å². The van der Waals surface area contributed by atoms with E-state index in [1.54, 1.807) is 0 Å². The summed E-state index contributed by atoms with van der Waals surface area (Å²) in [7, 11) is -1.02. The van der Waals surface area contributed by atoms with E-state index in [4.69, 9.17) is 4.42 Å². The fourth-order valence-corrected chi connectivity index (χ4v) is 2.26. The van der Waals surface area contributed by atoms with Crippen molar-refractivity contribution < 1.29 is 17.7 Å². The van der Waals surface area contributed by atoms with Gasteiger partial charge in [-0.3, -0.25) is 9.40 Å². The van der Waals surface area contributed by atoms with Crippen LogP contribution in [0.25, 0.3) is 11.1 Å². The highest BCUT2D eigenvalue weighted by Crippen LogP contribution is 2.17. The number of hydrogen-bond donors (Lipinski definition) is 1. The van der Waals surface area contributed by atoms with Crippen LogP contribution in [0, 0.1) is 0 Å². The molecule has 0 saturated heterocycles. The Hall–Kier alpha value is -1.64. The van der Waals surface area contributed by atoms with Crippen LogP contribution >= 0.6 is 0 Å². The Morgan fingerprint density at radius 3 is 2.76 bits per heavy atom. The molecule has 0 radical (unpaired) electrons. The van der Waals surface area contributed by atoms with Gasteiger partial charge in [0.1, 0.15) is 0 Å². The molecule has 1 N–H and O–H groups in total. The molecule has 1 aromatic carbocycles. The number of fused-ring (bicyclic) bond motifs is 1. The molecule has 92 valence electrons. The maximum absolute atomic E-state index is 11.6. The van der Waals surface area contributed by atoms with Gasteiger partial charge in [-0.1, -0.05) is 4.89 Å². The van der Waals surface area contributed by atoms with E-state index in [9.17, 15) is 13.2 Å². The molecule has 0 spiro atoms. The molecule has 0 saturated carbocycles. The van der Waals surface area contributed by atoms with Crippen molar-refractivity contribution >= 4 is 21.1 Å². The van der Waals surface area contributed by atoms with E-state index >= 15 is 0 Å². The van der Waals surface area contributed by atoms with Gasteiger partial charge in [0.15, 0.2) is 5.58 Å². The lowest BCUT2D eigenvalue weighted by molar-refractivity contribution is 0.153. The van der Waals surface area contributed by atoms with Crippen molar-refractivity contribution in [2.45, 2.75) is 4.90 Å². The zero-order valence-electron chi connectivity index (χ0n) is 9.13. The first-order valence-corrected chi connectivity index (χ1v) is 6.08. The lowest BCUT2D eigenvalue weighted by Gasteiger charge is -2.03. The number of nitrogens with zero attached hydrogens (tertiary/aromatic N) is 1. The summed E-state index contributed by atoms with van der Waals surface area (Å²) in [4.78, 5) is 17.4. The summed E-state index contributed by atoms with van der Waals surface area (Å²) in [6.45, 7) is 0. The molecule has 0 amide bonds. The first kappa shape index (κ1) is 11.8. The van der Waals surface area contributed by atoms with Gasteiger partial charge < -0.3 is 4.42 Å². The quantitative estimate of drug-likeness (QED) is 0.781. The summed E-state index contributed by atoms with van der Waals surface area (Å²) >= 11 is 0. The Bertz CT molecular complexity index is 713. The molecule has 0 aliphatic rings. The van der Waals surface area contributed by atoms with Gasteiger partial charge in [-0.2, -0.15) is 0 Å². The van der Waals surface area contributed by atoms with Crippen LogP contribution in [0.1, 0.15) is 0 Å². The maximum atomic E-state index is 11.6. The molecule has 8 heteroatoms. The minimum atomic E-state index is -3.75. The normalized spacial score (nSPS) is 12.1. The van der Waals surface area contributed by atoms with Crippen molar-refractivity contribution in [2.75, 3.05) is 7.11 Å². The van der Waals surface area contributed by atoms with Crippen molar-refractivity contribution in [2.24, 2.45) is 7.05 Å². The highest BCUT2D eigenvalue weighted by atomic mass is 32.2. The van der Waals surface area contributed by atoms with Crippen molar-refractivity contribution in [1.82, 2.24) is 9.45 Å². The largest absolute Gasteiger partial charge is 0.419 e. The minimum absolute atomic E-state index is 0.0406. The van der Waals surface area contributed by atoms with Crippen LogP contribution in [0.3, 0.4) is 0 Å². The number of benzene rings is 1. The van der Waals surface area contributed by atoms with E-state index in [2.05, 4.69) is 4.84 Å². The van der Waals surface area contributed by atoms with Crippen molar-refractivity contribution in [3.05, 3.63) is 28.7 Å². The number of oxazole rings is 1. The van der Waals surface area contributed by atoms with Crippen LogP contribution < -0.4 is 10.6 Å². The van der Waals surface area contributed by atoms with Crippen LogP contribution in [-0.4, -0.2) is 20.1 Å². The third-order valence-corrected chi connectivity index (χ3v) is 3.53. The molecule has 0 bridgehead atoms. The van der Waals surface area contributed by atoms with Crippen LogP contribution in [0.5, 0.6) is 0 Å². The predicted octanol–water partition coefficient (Wildman–Crippen LogP) is -0.0288. The first-order valence-electron chi connectivity index (χ1n) is 4.60. The van der Waals surface area contributed by atoms with Gasteiger partial charge in [0.25, 0.3) is 10.0 Å². The number of aryl methyl sites for hydroxylation is 1. The molecular formula is C9H10N2O5S. The van der Waals surface area contributed by atoms with Crippen LogP contribution in [0.15, 0.2) is 32.3 Å². The number of aromatic nitrogens is 1. The van der Waals surface area contributed by atoms with E-state index in [1.165, 1.54) is 36.9 Å². The monoisotopic (exact) mass is 258 g/mol. The highest BCUT2D eigenvalue weighted by Gasteiger charge is 2.16. The Kier molecular flexibility index (Phi) is 2.77. The topological polar surface area (TPSA) is 90.5 Å². The zero-order chi connectivity index (χ0) is 12.6. The molecule has 1 heterocycles. The van der Waals surface area contributed by atoms with Crippen molar-refractivity contribution in [3.8, 4) is 0 Å². The SMILES string of the molecule is CONS(=O)(=O)c1ccc2c(c1)oc(=O)n2C. The Morgan fingerprint density at radius 2 is 2.12 bits per heavy atom. The van der Waals surface area contributed by atoms with Gasteiger partial charge in [0.05, 0.1) is 17.5 Å². The second-order valence-corrected chi connectivity index (χ2v) is 4.99. The standard InChI is InChI=1S/C9H10N2O5S/c1-11-7-4-3-6(17(13,14)10-15-2)5-8(7)16-9(11)12/h3-5,10H,1-2H3. The summed E-state index contributed by atoms with van der Waals surface area (Å²) in [5.41, 5.74) is 0.725. The minimum Gasteiger partial charge on any atom is -0.408 e. The van der Waals surface area contributed by atoms with Crippen LogP contribution in [0.4, 0.5) is 0 Å². The van der Waals surface area contributed by atoms with Crippen LogP contribution in [-0.2, 0) is 21.9 Å². The summed E-state index contributed by atoms with van der Waals surface area (Å²) in [6.07, 6.45) is 0. The second-order valence-electron chi connectivity index (χ2n) is 3.35. The fraction of sp³-hybridized carbons (Fsp3) is 0.222. The number of rotatable bonds is 3. The molecular weight excluding hydrogens is 248 g/mol. The van der Waals surface area contributed by atoms with Crippen molar-refractivity contribution in [1.29, 1.82) is 0 Å². The van der Waals surface area contributed by atoms with Gasteiger partial charge in [0, 0.05) is 13.1 Å². The molecule has 0 fully saturated rings. The summed E-state index contributed by atoms with van der Waals surface area (Å²) in [5, 5.41) is 0. The van der Waals surface area contributed by atoms with Crippen LogP contribution in [0.2, 0.25) is 0 Å². The molecule has 7 nitrogen and oxygen atoms in total. The highest BCUT2D eigenvalue weighted by molar-refractivity contribution is 7.89. The molecule has 0 unspecified atom stereocenters. The molecule has 1 aromatic heterocycles. The van der Waals surface area contributed by atoms with Gasteiger partial charge in [0.2, 0.25) is 0 Å². The molecule has 17 heavy (non-hydrogen) atoms. The average molecular weight is 258 g/mol. The van der Waals surface area contributed by atoms with E-state index in [0.717, 1.165) is 0 Å². The number of sulfonamides is 1. The third kappa shape index (κ3) is 1.97. The van der Waals surface area contributed by atoms with Gasteiger partial charge in [-0.05, 0) is 12.1 Å². The fourth-order valence-electron chi connectivity index (χ4n) is 1.44. The molecule has 0 aliphatic heterocycles. The zero-order valence-corrected chi connectivity index (χ0v) is 9.95. The maximum Gasteiger partial charge on any atom is 0.419 e. The average Bonchev–Trinajstić information content (AvgIpc) is 2.54. The Morgan fingerprint density at radius 1 is 1.41 bits per heavy atom. The second kappa shape index (κ2) is 3.99.